The van der Waals surface area contributed by atoms with Gasteiger partial charge >= 0.3 is 5.97 Å². The number of thiol groups is 1. The van der Waals surface area contributed by atoms with Crippen LogP contribution in [0.2, 0.25) is 0 Å². The molecular weight excluding hydrogens is 176 g/mol. The molecule has 0 saturated carbocycles. The highest BCUT2D eigenvalue weighted by Gasteiger charge is 2.17. The van der Waals surface area contributed by atoms with Crippen LogP contribution < -0.4 is 5.32 Å². The van der Waals surface area contributed by atoms with Gasteiger partial charge in [0.25, 0.3) is 0 Å². The first-order valence-electron chi connectivity index (χ1n) is 3.87. The number of carboxylic acid groups (broad SMARTS) is 1. The van der Waals surface area contributed by atoms with Gasteiger partial charge in [0, 0.05) is 18.7 Å². The molecule has 1 rings (SSSR count). The van der Waals surface area contributed by atoms with Crippen LogP contribution in [-0.2, 0) is 4.79 Å². The van der Waals surface area contributed by atoms with Crippen molar-refractivity contribution in [3.05, 3.63) is 0 Å². The smallest absolute Gasteiger partial charge is 0.327 e. The van der Waals surface area contributed by atoms with Gasteiger partial charge < -0.3 is 10.4 Å². The summed E-state index contributed by atoms with van der Waals surface area (Å²) in [6.45, 7) is 0.807. The molecule has 0 aromatic rings. The van der Waals surface area contributed by atoms with Gasteiger partial charge in [-0.3, -0.25) is 4.99 Å². The van der Waals surface area contributed by atoms with Crippen LogP contribution >= 0.6 is 12.6 Å². The number of aliphatic carboxylic acids is 1. The fourth-order valence-corrected chi connectivity index (χ4v) is 1.29. The SMILES string of the molecule is O=C(O)C(CS)NC1=NCCC1. The number of amidine groups is 1. The van der Waals surface area contributed by atoms with Gasteiger partial charge in [-0.15, -0.1) is 0 Å². The van der Waals surface area contributed by atoms with Gasteiger partial charge in [0.15, 0.2) is 0 Å². The zero-order valence-corrected chi connectivity index (χ0v) is 7.55. The predicted octanol–water partition coefficient (Wildman–Crippen LogP) is 0.151. The number of hydrogen-bond donors (Lipinski definition) is 3. The van der Waals surface area contributed by atoms with Gasteiger partial charge in [-0.25, -0.2) is 4.79 Å². The van der Waals surface area contributed by atoms with Crippen molar-refractivity contribution in [3.8, 4) is 0 Å². The van der Waals surface area contributed by atoms with E-state index in [1.54, 1.807) is 0 Å². The molecule has 0 amide bonds. The molecule has 12 heavy (non-hydrogen) atoms. The second kappa shape index (κ2) is 4.35. The first kappa shape index (κ1) is 9.38. The van der Waals surface area contributed by atoms with E-state index in [2.05, 4.69) is 22.9 Å². The minimum absolute atomic E-state index is 0.286. The standard InChI is InChI=1S/C7H12N2O2S/c10-7(11)5(4-12)9-6-2-1-3-8-6/h5,12H,1-4H2,(H,8,9)(H,10,11). The highest BCUT2D eigenvalue weighted by Crippen LogP contribution is 2.02. The summed E-state index contributed by atoms with van der Waals surface area (Å²) in [6.07, 6.45) is 1.87. The molecule has 1 aliphatic heterocycles. The van der Waals surface area contributed by atoms with Crippen molar-refractivity contribution in [1.82, 2.24) is 5.32 Å². The molecule has 1 unspecified atom stereocenters. The van der Waals surface area contributed by atoms with Crippen molar-refractivity contribution in [2.45, 2.75) is 18.9 Å². The average Bonchev–Trinajstić information content (AvgIpc) is 2.51. The number of hydrogen-bond acceptors (Lipinski definition) is 4. The van der Waals surface area contributed by atoms with Gasteiger partial charge in [0.2, 0.25) is 0 Å². The van der Waals surface area contributed by atoms with E-state index in [4.69, 9.17) is 5.11 Å². The van der Waals surface area contributed by atoms with Gasteiger partial charge in [0.05, 0.1) is 5.84 Å². The molecule has 0 bridgehead atoms. The Morgan fingerprint density at radius 3 is 3.00 bits per heavy atom. The molecule has 0 radical (unpaired) electrons. The van der Waals surface area contributed by atoms with Crippen LogP contribution in [0.5, 0.6) is 0 Å². The molecule has 0 fully saturated rings. The molecule has 1 atom stereocenters. The van der Waals surface area contributed by atoms with Crippen LogP contribution in [0.1, 0.15) is 12.8 Å². The highest BCUT2D eigenvalue weighted by atomic mass is 32.1. The Balaban J connectivity index is 2.41. The van der Waals surface area contributed by atoms with E-state index in [0.29, 0.717) is 0 Å². The second-order valence-corrected chi connectivity index (χ2v) is 3.01. The zero-order chi connectivity index (χ0) is 8.97. The minimum atomic E-state index is -0.875. The lowest BCUT2D eigenvalue weighted by atomic mass is 10.3. The van der Waals surface area contributed by atoms with Crippen molar-refractivity contribution >= 4 is 24.4 Å². The van der Waals surface area contributed by atoms with Crippen LogP contribution in [0, 0.1) is 0 Å². The van der Waals surface area contributed by atoms with E-state index in [1.807, 2.05) is 0 Å². The Morgan fingerprint density at radius 1 is 1.83 bits per heavy atom. The van der Waals surface area contributed by atoms with Gasteiger partial charge in [0.1, 0.15) is 6.04 Å². The molecule has 0 spiro atoms. The van der Waals surface area contributed by atoms with E-state index in [1.165, 1.54) is 0 Å². The zero-order valence-electron chi connectivity index (χ0n) is 6.66. The molecule has 0 saturated heterocycles. The summed E-state index contributed by atoms with van der Waals surface area (Å²) in [4.78, 5) is 14.7. The van der Waals surface area contributed by atoms with Crippen molar-refractivity contribution in [1.29, 1.82) is 0 Å². The lowest BCUT2D eigenvalue weighted by molar-refractivity contribution is -0.138. The summed E-state index contributed by atoms with van der Waals surface area (Å²) >= 11 is 3.93. The molecule has 1 aliphatic rings. The van der Waals surface area contributed by atoms with Crippen LogP contribution in [0.15, 0.2) is 4.99 Å². The number of carboxylic acids is 1. The van der Waals surface area contributed by atoms with Crippen molar-refractivity contribution in [2.75, 3.05) is 12.3 Å². The number of carbonyl (C=O) groups is 1. The van der Waals surface area contributed by atoms with Crippen molar-refractivity contribution in [3.63, 3.8) is 0 Å². The number of nitrogens with zero attached hydrogens (tertiary/aromatic N) is 1. The van der Waals surface area contributed by atoms with Crippen LogP contribution in [0.25, 0.3) is 0 Å². The quantitative estimate of drug-likeness (QED) is 0.552. The summed E-state index contributed by atoms with van der Waals surface area (Å²) in [5.74, 6) is 0.213. The molecule has 0 aromatic carbocycles. The second-order valence-electron chi connectivity index (χ2n) is 2.65. The fourth-order valence-electron chi connectivity index (χ4n) is 1.04. The molecule has 4 nitrogen and oxygen atoms in total. The third-order valence-corrected chi connectivity index (χ3v) is 2.06. The predicted molar refractivity (Wildman–Crippen MR) is 49.9 cm³/mol. The largest absolute Gasteiger partial charge is 0.480 e. The van der Waals surface area contributed by atoms with Gasteiger partial charge in [-0.05, 0) is 6.42 Å². The summed E-state index contributed by atoms with van der Waals surface area (Å²) in [5, 5.41) is 11.5. The van der Waals surface area contributed by atoms with Crippen molar-refractivity contribution < 1.29 is 9.90 Å². The normalized spacial score (nSPS) is 18.6. The third-order valence-electron chi connectivity index (χ3n) is 1.70. The molecule has 0 aromatic heterocycles. The van der Waals surface area contributed by atoms with E-state index in [-0.39, 0.29) is 5.75 Å². The maximum atomic E-state index is 10.6. The topological polar surface area (TPSA) is 61.7 Å². The number of rotatable bonds is 3. The summed E-state index contributed by atoms with van der Waals surface area (Å²) in [7, 11) is 0. The summed E-state index contributed by atoms with van der Waals surface area (Å²) in [5.41, 5.74) is 0. The summed E-state index contributed by atoms with van der Waals surface area (Å²) in [6, 6.07) is -0.606. The molecule has 1 heterocycles. The Hall–Kier alpha value is -0.710. The maximum absolute atomic E-state index is 10.6. The first-order chi connectivity index (χ1) is 5.74. The van der Waals surface area contributed by atoms with Crippen LogP contribution in [-0.4, -0.2) is 35.3 Å². The van der Waals surface area contributed by atoms with Crippen molar-refractivity contribution in [2.24, 2.45) is 4.99 Å². The van der Waals surface area contributed by atoms with E-state index in [0.717, 1.165) is 25.2 Å². The Kier molecular flexibility index (Phi) is 3.40. The molecule has 2 N–H and O–H groups in total. The molecular formula is C7H12N2O2S. The fraction of sp³-hybridized carbons (Fsp3) is 0.714. The third kappa shape index (κ3) is 2.41. The first-order valence-corrected chi connectivity index (χ1v) is 4.51. The Bertz CT molecular complexity index is 206. The molecule has 0 aliphatic carbocycles. The Morgan fingerprint density at radius 2 is 2.58 bits per heavy atom. The molecule has 5 heteroatoms. The highest BCUT2D eigenvalue weighted by molar-refractivity contribution is 7.80. The van der Waals surface area contributed by atoms with Gasteiger partial charge in [-0.2, -0.15) is 12.6 Å². The Labute approximate surface area is 76.5 Å². The van der Waals surface area contributed by atoms with E-state index < -0.39 is 12.0 Å². The molecule has 68 valence electrons. The minimum Gasteiger partial charge on any atom is -0.480 e. The maximum Gasteiger partial charge on any atom is 0.327 e. The van der Waals surface area contributed by atoms with E-state index in [9.17, 15) is 4.79 Å². The lowest BCUT2D eigenvalue weighted by Gasteiger charge is -2.12. The summed E-state index contributed by atoms with van der Waals surface area (Å²) < 4.78 is 0. The van der Waals surface area contributed by atoms with Crippen LogP contribution in [0.4, 0.5) is 0 Å². The number of nitrogens with one attached hydrogen (secondary N) is 1. The van der Waals surface area contributed by atoms with Crippen LogP contribution in [0.3, 0.4) is 0 Å². The van der Waals surface area contributed by atoms with Gasteiger partial charge in [-0.1, -0.05) is 0 Å². The average molecular weight is 188 g/mol. The number of aliphatic imine (C=N–C) groups is 1. The monoisotopic (exact) mass is 188 g/mol. The van der Waals surface area contributed by atoms with E-state index >= 15 is 0 Å². The lowest BCUT2D eigenvalue weighted by Crippen LogP contribution is -2.41.